The van der Waals surface area contributed by atoms with Crippen LogP contribution in [-0.2, 0) is 6.42 Å². The van der Waals surface area contributed by atoms with Gasteiger partial charge in [0.1, 0.15) is 5.15 Å². The van der Waals surface area contributed by atoms with Crippen molar-refractivity contribution in [1.82, 2.24) is 4.98 Å². The van der Waals surface area contributed by atoms with E-state index in [2.05, 4.69) is 11.6 Å². The summed E-state index contributed by atoms with van der Waals surface area (Å²) < 4.78 is 0. The van der Waals surface area contributed by atoms with Crippen LogP contribution >= 0.6 is 23.2 Å². The van der Waals surface area contributed by atoms with Crippen LogP contribution in [0.2, 0.25) is 5.15 Å². The van der Waals surface area contributed by atoms with Gasteiger partial charge in [-0.15, -0.1) is 0 Å². The van der Waals surface area contributed by atoms with Crippen LogP contribution in [0.15, 0.2) is 29.9 Å². The number of hydrogen-bond acceptors (Lipinski definition) is 1. The molecule has 0 unspecified atom stereocenters. The first kappa shape index (κ1) is 9.56. The van der Waals surface area contributed by atoms with Crippen molar-refractivity contribution in [2.75, 3.05) is 0 Å². The summed E-state index contributed by atoms with van der Waals surface area (Å²) >= 11 is 11.2. The van der Waals surface area contributed by atoms with Gasteiger partial charge in [0.05, 0.1) is 0 Å². The molecule has 64 valence electrons. The van der Waals surface area contributed by atoms with E-state index in [1.165, 1.54) is 0 Å². The fourth-order valence-corrected chi connectivity index (χ4v) is 1.04. The summed E-state index contributed by atoms with van der Waals surface area (Å²) in [7, 11) is 0. The SMILES string of the molecule is C=C(Cl)CCc1ccc(Cl)nc1. The number of rotatable bonds is 3. The van der Waals surface area contributed by atoms with E-state index in [1.54, 1.807) is 12.3 Å². The number of halogens is 2. The summed E-state index contributed by atoms with van der Waals surface area (Å²) in [5.41, 5.74) is 1.13. The summed E-state index contributed by atoms with van der Waals surface area (Å²) in [5, 5.41) is 1.19. The van der Waals surface area contributed by atoms with Crippen molar-refractivity contribution in [3.8, 4) is 0 Å². The second-order valence-corrected chi connectivity index (χ2v) is 3.43. The normalized spacial score (nSPS) is 9.83. The Labute approximate surface area is 82.0 Å². The third-order valence-electron chi connectivity index (χ3n) is 1.47. The molecular formula is C9H9Cl2N. The van der Waals surface area contributed by atoms with Crippen LogP contribution in [0.3, 0.4) is 0 Å². The quantitative estimate of drug-likeness (QED) is 0.684. The zero-order valence-corrected chi connectivity index (χ0v) is 8.07. The minimum Gasteiger partial charge on any atom is -0.244 e. The maximum absolute atomic E-state index is 5.62. The summed E-state index contributed by atoms with van der Waals surface area (Å²) in [6.45, 7) is 3.61. The van der Waals surface area contributed by atoms with Crippen LogP contribution in [-0.4, -0.2) is 4.98 Å². The Kier molecular flexibility index (Phi) is 3.57. The van der Waals surface area contributed by atoms with E-state index < -0.39 is 0 Å². The molecular weight excluding hydrogens is 193 g/mol. The molecule has 0 aliphatic heterocycles. The van der Waals surface area contributed by atoms with Gasteiger partial charge in [-0.05, 0) is 24.5 Å². The van der Waals surface area contributed by atoms with E-state index in [1.807, 2.05) is 6.07 Å². The topological polar surface area (TPSA) is 12.9 Å². The molecule has 0 aliphatic rings. The Morgan fingerprint density at radius 1 is 1.50 bits per heavy atom. The lowest BCUT2D eigenvalue weighted by Crippen LogP contribution is -1.86. The maximum Gasteiger partial charge on any atom is 0.129 e. The molecule has 0 N–H and O–H groups in total. The van der Waals surface area contributed by atoms with Crippen LogP contribution in [0.5, 0.6) is 0 Å². The first-order valence-electron chi connectivity index (χ1n) is 3.62. The molecule has 0 saturated heterocycles. The Morgan fingerprint density at radius 3 is 2.75 bits per heavy atom. The molecule has 12 heavy (non-hydrogen) atoms. The standard InChI is InChI=1S/C9H9Cl2N/c1-7(10)2-3-8-4-5-9(11)12-6-8/h4-6H,1-3H2. The predicted octanol–water partition coefficient (Wildman–Crippen LogP) is 3.42. The molecule has 0 fully saturated rings. The predicted molar refractivity (Wildman–Crippen MR) is 52.6 cm³/mol. The summed E-state index contributed by atoms with van der Waals surface area (Å²) in [5.74, 6) is 0. The smallest absolute Gasteiger partial charge is 0.129 e. The van der Waals surface area contributed by atoms with Gasteiger partial charge in [0.15, 0.2) is 0 Å². The van der Waals surface area contributed by atoms with Gasteiger partial charge in [0.2, 0.25) is 0 Å². The average Bonchev–Trinajstić information content (AvgIpc) is 2.03. The highest BCUT2D eigenvalue weighted by atomic mass is 35.5. The van der Waals surface area contributed by atoms with Gasteiger partial charge < -0.3 is 0 Å². The van der Waals surface area contributed by atoms with Crippen LogP contribution in [0.1, 0.15) is 12.0 Å². The second kappa shape index (κ2) is 4.48. The lowest BCUT2D eigenvalue weighted by molar-refractivity contribution is 0.976. The molecule has 0 atom stereocenters. The van der Waals surface area contributed by atoms with Gasteiger partial charge in [-0.2, -0.15) is 0 Å². The van der Waals surface area contributed by atoms with Gasteiger partial charge >= 0.3 is 0 Å². The molecule has 1 aromatic heterocycles. The number of aryl methyl sites for hydroxylation is 1. The molecule has 0 aromatic carbocycles. The van der Waals surface area contributed by atoms with Crippen LogP contribution in [0.4, 0.5) is 0 Å². The monoisotopic (exact) mass is 201 g/mol. The second-order valence-electron chi connectivity index (χ2n) is 2.51. The highest BCUT2D eigenvalue weighted by molar-refractivity contribution is 6.29. The molecule has 1 nitrogen and oxygen atoms in total. The van der Waals surface area contributed by atoms with Crippen molar-refractivity contribution >= 4 is 23.2 Å². The molecule has 0 bridgehead atoms. The van der Waals surface area contributed by atoms with E-state index in [0.29, 0.717) is 10.2 Å². The van der Waals surface area contributed by atoms with Crippen molar-refractivity contribution in [3.63, 3.8) is 0 Å². The first-order valence-corrected chi connectivity index (χ1v) is 4.38. The number of hydrogen-bond donors (Lipinski definition) is 0. The van der Waals surface area contributed by atoms with Gasteiger partial charge in [-0.1, -0.05) is 35.8 Å². The third kappa shape index (κ3) is 3.24. The Hall–Kier alpha value is -0.530. The zero-order chi connectivity index (χ0) is 8.97. The van der Waals surface area contributed by atoms with Crippen molar-refractivity contribution in [2.24, 2.45) is 0 Å². The minimum absolute atomic E-state index is 0.517. The van der Waals surface area contributed by atoms with Crippen molar-refractivity contribution in [3.05, 3.63) is 40.7 Å². The molecule has 0 radical (unpaired) electrons. The van der Waals surface area contributed by atoms with E-state index in [-0.39, 0.29) is 0 Å². The Balaban J connectivity index is 2.53. The zero-order valence-electron chi connectivity index (χ0n) is 6.56. The van der Waals surface area contributed by atoms with E-state index >= 15 is 0 Å². The summed E-state index contributed by atoms with van der Waals surface area (Å²) in [6, 6.07) is 3.71. The van der Waals surface area contributed by atoms with E-state index in [9.17, 15) is 0 Å². The van der Waals surface area contributed by atoms with Crippen LogP contribution < -0.4 is 0 Å². The molecule has 0 amide bonds. The van der Waals surface area contributed by atoms with Crippen molar-refractivity contribution < 1.29 is 0 Å². The fraction of sp³-hybridized carbons (Fsp3) is 0.222. The maximum atomic E-state index is 5.62. The highest BCUT2D eigenvalue weighted by Crippen LogP contribution is 2.11. The van der Waals surface area contributed by atoms with Gasteiger partial charge in [0.25, 0.3) is 0 Å². The number of aromatic nitrogens is 1. The minimum atomic E-state index is 0.517. The van der Waals surface area contributed by atoms with Gasteiger partial charge in [0, 0.05) is 11.2 Å². The number of nitrogens with zero attached hydrogens (tertiary/aromatic N) is 1. The Morgan fingerprint density at radius 2 is 2.25 bits per heavy atom. The van der Waals surface area contributed by atoms with Crippen molar-refractivity contribution in [1.29, 1.82) is 0 Å². The van der Waals surface area contributed by atoms with Crippen molar-refractivity contribution in [2.45, 2.75) is 12.8 Å². The largest absolute Gasteiger partial charge is 0.244 e. The molecule has 0 saturated carbocycles. The lowest BCUT2D eigenvalue weighted by atomic mass is 10.1. The van der Waals surface area contributed by atoms with Gasteiger partial charge in [-0.3, -0.25) is 0 Å². The number of pyridine rings is 1. The Bertz CT molecular complexity index is 266. The molecule has 1 heterocycles. The lowest BCUT2D eigenvalue weighted by Gasteiger charge is -1.98. The first-order chi connectivity index (χ1) is 5.68. The molecule has 3 heteroatoms. The third-order valence-corrected chi connectivity index (χ3v) is 1.89. The number of allylic oxidation sites excluding steroid dienone is 1. The van der Waals surface area contributed by atoms with E-state index in [4.69, 9.17) is 23.2 Å². The fourth-order valence-electron chi connectivity index (χ4n) is 0.834. The van der Waals surface area contributed by atoms with E-state index in [0.717, 1.165) is 18.4 Å². The summed E-state index contributed by atoms with van der Waals surface area (Å²) in [6.07, 6.45) is 3.40. The highest BCUT2D eigenvalue weighted by Gasteiger charge is 1.94. The molecule has 0 aliphatic carbocycles. The molecule has 1 aromatic rings. The summed E-state index contributed by atoms with van der Waals surface area (Å²) in [4.78, 5) is 3.95. The molecule has 1 rings (SSSR count). The van der Waals surface area contributed by atoms with Crippen LogP contribution in [0.25, 0.3) is 0 Å². The molecule has 0 spiro atoms. The van der Waals surface area contributed by atoms with Gasteiger partial charge in [-0.25, -0.2) is 4.98 Å². The van der Waals surface area contributed by atoms with Crippen LogP contribution in [0, 0.1) is 0 Å². The average molecular weight is 202 g/mol.